The summed E-state index contributed by atoms with van der Waals surface area (Å²) in [6.45, 7) is 4.45. The van der Waals surface area contributed by atoms with Gasteiger partial charge >= 0.3 is 5.97 Å². The fourth-order valence-corrected chi connectivity index (χ4v) is 4.97. The molecule has 2 N–H and O–H groups in total. The predicted molar refractivity (Wildman–Crippen MR) is 162 cm³/mol. The van der Waals surface area contributed by atoms with Gasteiger partial charge in [0.15, 0.2) is 0 Å². The topological polar surface area (TPSA) is 86.7 Å². The summed E-state index contributed by atoms with van der Waals surface area (Å²) < 4.78 is 0. The SMILES string of the molecule is Cc1ccccc1CNC(=O)c1ccccc1-c1ccccc1C(=O)N(CCC(=O)O)C(C)CCc1ccccc1. The average Bonchev–Trinajstić information content (AvgIpc) is 3.00. The van der Waals surface area contributed by atoms with Crippen LogP contribution in [0, 0.1) is 6.92 Å². The first kappa shape index (κ1) is 29.3. The number of carboxylic acids is 1. The molecule has 6 heteroatoms. The Bertz CT molecular complexity index is 1500. The van der Waals surface area contributed by atoms with Gasteiger partial charge in [0.25, 0.3) is 11.8 Å². The van der Waals surface area contributed by atoms with Crippen LogP contribution >= 0.6 is 0 Å². The van der Waals surface area contributed by atoms with E-state index in [1.54, 1.807) is 29.2 Å². The number of aliphatic carboxylic acids is 1. The molecule has 0 aromatic heterocycles. The van der Waals surface area contributed by atoms with Gasteiger partial charge in [-0.3, -0.25) is 14.4 Å². The molecule has 4 aromatic carbocycles. The summed E-state index contributed by atoms with van der Waals surface area (Å²) in [6.07, 6.45) is 1.31. The molecule has 4 aromatic rings. The van der Waals surface area contributed by atoms with Crippen LogP contribution in [0.5, 0.6) is 0 Å². The monoisotopic (exact) mass is 548 g/mol. The highest BCUT2D eigenvalue weighted by Gasteiger charge is 2.26. The number of hydrogen-bond acceptors (Lipinski definition) is 3. The minimum Gasteiger partial charge on any atom is -0.481 e. The van der Waals surface area contributed by atoms with E-state index in [1.807, 2.05) is 92.7 Å². The minimum atomic E-state index is -0.956. The molecule has 0 saturated heterocycles. The molecule has 0 spiro atoms. The number of nitrogens with one attached hydrogen (secondary N) is 1. The Morgan fingerprint density at radius 2 is 1.37 bits per heavy atom. The Morgan fingerprint density at radius 3 is 2.05 bits per heavy atom. The summed E-state index contributed by atoms with van der Waals surface area (Å²) in [5, 5.41) is 12.4. The highest BCUT2D eigenvalue weighted by atomic mass is 16.4. The maximum Gasteiger partial charge on any atom is 0.305 e. The molecule has 0 fully saturated rings. The van der Waals surface area contributed by atoms with Crippen molar-refractivity contribution in [3.63, 3.8) is 0 Å². The number of rotatable bonds is 12. The molecule has 0 bridgehead atoms. The fraction of sp³-hybridized carbons (Fsp3) is 0.229. The van der Waals surface area contributed by atoms with Crippen LogP contribution in [0.4, 0.5) is 0 Å². The lowest BCUT2D eigenvalue weighted by Gasteiger charge is -2.30. The van der Waals surface area contributed by atoms with E-state index in [4.69, 9.17) is 0 Å². The van der Waals surface area contributed by atoms with Crippen LogP contribution in [0.1, 0.15) is 57.2 Å². The second kappa shape index (κ2) is 14.1. The van der Waals surface area contributed by atoms with E-state index in [0.29, 0.717) is 35.2 Å². The van der Waals surface area contributed by atoms with Crippen molar-refractivity contribution in [3.05, 3.63) is 131 Å². The van der Waals surface area contributed by atoms with Crippen molar-refractivity contribution >= 4 is 17.8 Å². The molecule has 0 aliphatic rings. The summed E-state index contributed by atoms with van der Waals surface area (Å²) in [7, 11) is 0. The second-order valence-electron chi connectivity index (χ2n) is 10.2. The highest BCUT2D eigenvalue weighted by Crippen LogP contribution is 2.29. The summed E-state index contributed by atoms with van der Waals surface area (Å²) in [5.74, 6) is -1.44. The first-order chi connectivity index (χ1) is 19.8. The van der Waals surface area contributed by atoms with Gasteiger partial charge in [-0.05, 0) is 66.6 Å². The number of nitrogens with zero attached hydrogens (tertiary/aromatic N) is 1. The van der Waals surface area contributed by atoms with Crippen LogP contribution < -0.4 is 5.32 Å². The second-order valence-corrected chi connectivity index (χ2v) is 10.2. The number of benzene rings is 4. The summed E-state index contributed by atoms with van der Waals surface area (Å²) in [5.41, 5.74) is 5.48. The Balaban J connectivity index is 1.61. The van der Waals surface area contributed by atoms with Gasteiger partial charge in [0.1, 0.15) is 0 Å². The van der Waals surface area contributed by atoms with E-state index < -0.39 is 5.97 Å². The molecule has 41 heavy (non-hydrogen) atoms. The van der Waals surface area contributed by atoms with Crippen LogP contribution in [0.25, 0.3) is 11.1 Å². The molecular formula is C35H36N2O4. The molecule has 0 saturated carbocycles. The van der Waals surface area contributed by atoms with Crippen molar-refractivity contribution in [1.82, 2.24) is 10.2 Å². The molecule has 1 unspecified atom stereocenters. The van der Waals surface area contributed by atoms with Crippen molar-refractivity contribution < 1.29 is 19.5 Å². The molecule has 0 aliphatic heterocycles. The van der Waals surface area contributed by atoms with E-state index in [-0.39, 0.29) is 30.8 Å². The lowest BCUT2D eigenvalue weighted by molar-refractivity contribution is -0.137. The standard InChI is InChI=1S/C35H36N2O4/c1-25-12-6-7-15-28(25)24-36-34(40)31-18-10-8-16-29(31)30-17-9-11-19-32(30)35(41)37(23-22-33(38)39)26(2)20-21-27-13-4-3-5-14-27/h3-19,26H,20-24H2,1-2H3,(H,36,40)(H,38,39). The molecular weight excluding hydrogens is 512 g/mol. The van der Waals surface area contributed by atoms with Crippen molar-refractivity contribution in [2.24, 2.45) is 0 Å². The van der Waals surface area contributed by atoms with Crippen LogP contribution in [0.2, 0.25) is 0 Å². The summed E-state index contributed by atoms with van der Waals surface area (Å²) in [4.78, 5) is 40.6. The summed E-state index contributed by atoms with van der Waals surface area (Å²) in [6, 6.07) is 32.2. The van der Waals surface area contributed by atoms with Gasteiger partial charge in [-0.15, -0.1) is 0 Å². The smallest absolute Gasteiger partial charge is 0.305 e. The van der Waals surface area contributed by atoms with Crippen molar-refractivity contribution in [2.75, 3.05) is 6.54 Å². The lowest BCUT2D eigenvalue weighted by Crippen LogP contribution is -2.40. The van der Waals surface area contributed by atoms with Crippen molar-refractivity contribution in [3.8, 4) is 11.1 Å². The maximum absolute atomic E-state index is 14.1. The van der Waals surface area contributed by atoms with Gasteiger partial charge in [-0.1, -0.05) is 91.0 Å². The van der Waals surface area contributed by atoms with E-state index in [2.05, 4.69) is 5.32 Å². The van der Waals surface area contributed by atoms with Gasteiger partial charge in [0.05, 0.1) is 6.42 Å². The molecule has 4 rings (SSSR count). The average molecular weight is 549 g/mol. The number of carbonyl (C=O) groups is 3. The van der Waals surface area contributed by atoms with Crippen molar-refractivity contribution in [2.45, 2.75) is 45.7 Å². The number of hydrogen-bond donors (Lipinski definition) is 2. The normalized spacial score (nSPS) is 11.5. The van der Waals surface area contributed by atoms with Gasteiger partial charge in [0, 0.05) is 30.3 Å². The summed E-state index contributed by atoms with van der Waals surface area (Å²) >= 11 is 0. The van der Waals surface area contributed by atoms with E-state index >= 15 is 0 Å². The Hall–Kier alpha value is -4.71. The fourth-order valence-electron chi connectivity index (χ4n) is 4.97. The quantitative estimate of drug-likeness (QED) is 0.211. The Morgan fingerprint density at radius 1 is 0.780 bits per heavy atom. The van der Waals surface area contributed by atoms with Crippen LogP contribution in [0.3, 0.4) is 0 Å². The van der Waals surface area contributed by atoms with Gasteiger partial charge in [-0.2, -0.15) is 0 Å². The molecule has 0 heterocycles. The van der Waals surface area contributed by atoms with Crippen LogP contribution in [0.15, 0.2) is 103 Å². The minimum absolute atomic E-state index is 0.0943. The zero-order valence-corrected chi connectivity index (χ0v) is 23.5. The molecule has 210 valence electrons. The first-order valence-electron chi connectivity index (χ1n) is 13.9. The molecule has 2 amide bonds. The third-order valence-corrected chi connectivity index (χ3v) is 7.37. The zero-order chi connectivity index (χ0) is 29.2. The number of aryl methyl sites for hydroxylation is 2. The number of carbonyl (C=O) groups excluding carboxylic acids is 2. The van der Waals surface area contributed by atoms with E-state index in [0.717, 1.165) is 23.1 Å². The van der Waals surface area contributed by atoms with Gasteiger partial charge in [0.2, 0.25) is 0 Å². The molecule has 0 aliphatic carbocycles. The third-order valence-electron chi connectivity index (χ3n) is 7.37. The lowest BCUT2D eigenvalue weighted by atomic mass is 9.93. The third kappa shape index (κ3) is 7.70. The number of amides is 2. The Labute approximate surface area is 241 Å². The highest BCUT2D eigenvalue weighted by molar-refractivity contribution is 6.06. The van der Waals surface area contributed by atoms with E-state index in [9.17, 15) is 19.5 Å². The van der Waals surface area contributed by atoms with Gasteiger partial charge in [-0.25, -0.2) is 0 Å². The first-order valence-corrected chi connectivity index (χ1v) is 13.9. The maximum atomic E-state index is 14.1. The van der Waals surface area contributed by atoms with Crippen LogP contribution in [-0.4, -0.2) is 40.4 Å². The largest absolute Gasteiger partial charge is 0.481 e. The number of carboxylic acid groups (broad SMARTS) is 1. The predicted octanol–water partition coefficient (Wildman–Crippen LogP) is 6.53. The Kier molecular flexibility index (Phi) is 10.1. The van der Waals surface area contributed by atoms with Crippen LogP contribution in [-0.2, 0) is 17.8 Å². The van der Waals surface area contributed by atoms with E-state index in [1.165, 1.54) is 0 Å². The van der Waals surface area contributed by atoms with Gasteiger partial charge < -0.3 is 15.3 Å². The molecule has 1 atom stereocenters. The molecule has 0 radical (unpaired) electrons. The zero-order valence-electron chi connectivity index (χ0n) is 23.5. The molecule has 6 nitrogen and oxygen atoms in total. The van der Waals surface area contributed by atoms with Crippen molar-refractivity contribution in [1.29, 1.82) is 0 Å².